The second kappa shape index (κ2) is 2.52. The number of halogens is 1. The summed E-state index contributed by atoms with van der Waals surface area (Å²) in [5, 5.41) is 0. The zero-order valence-electron chi connectivity index (χ0n) is 5.39. The molecular weight excluding hydrogens is 213 g/mol. The molecule has 1 unspecified atom stereocenters. The van der Waals surface area contributed by atoms with Crippen molar-refractivity contribution in [3.63, 3.8) is 0 Å². The monoisotopic (exact) mass is 225 g/mol. The zero-order chi connectivity index (χ0) is 6.15. The SMILES string of the molecule is CC(C)C1CCN1I. The first-order valence-corrected chi connectivity index (χ1v) is 4.10. The molecule has 8 heavy (non-hydrogen) atoms. The maximum absolute atomic E-state index is 2.40. The third kappa shape index (κ3) is 1.16. The van der Waals surface area contributed by atoms with Crippen molar-refractivity contribution in [2.24, 2.45) is 5.92 Å². The lowest BCUT2D eigenvalue weighted by Crippen LogP contribution is -2.43. The van der Waals surface area contributed by atoms with Gasteiger partial charge in [0.25, 0.3) is 0 Å². The molecule has 0 aromatic heterocycles. The van der Waals surface area contributed by atoms with Gasteiger partial charge in [0.05, 0.1) is 0 Å². The largest absolute Gasteiger partial charge is 0.244 e. The molecule has 0 radical (unpaired) electrons. The van der Waals surface area contributed by atoms with Gasteiger partial charge in [-0.25, -0.2) is 3.11 Å². The third-order valence-electron chi connectivity index (χ3n) is 1.77. The summed E-state index contributed by atoms with van der Waals surface area (Å²) >= 11 is 2.40. The molecule has 0 N–H and O–H groups in total. The van der Waals surface area contributed by atoms with Gasteiger partial charge in [-0.2, -0.15) is 0 Å². The zero-order valence-corrected chi connectivity index (χ0v) is 7.55. The topological polar surface area (TPSA) is 3.24 Å². The summed E-state index contributed by atoms with van der Waals surface area (Å²) in [7, 11) is 0. The second-order valence-electron chi connectivity index (χ2n) is 2.72. The van der Waals surface area contributed by atoms with E-state index in [2.05, 4.69) is 39.8 Å². The van der Waals surface area contributed by atoms with Crippen LogP contribution in [0.15, 0.2) is 0 Å². The predicted molar refractivity (Wildman–Crippen MR) is 44.0 cm³/mol. The van der Waals surface area contributed by atoms with E-state index >= 15 is 0 Å². The highest BCUT2D eigenvalue weighted by Gasteiger charge is 2.27. The molecule has 2 heteroatoms. The highest BCUT2D eigenvalue weighted by Crippen LogP contribution is 2.27. The van der Waals surface area contributed by atoms with Gasteiger partial charge in [0.15, 0.2) is 0 Å². The lowest BCUT2D eigenvalue weighted by molar-refractivity contribution is 0.188. The van der Waals surface area contributed by atoms with E-state index in [9.17, 15) is 0 Å². The molecule has 1 heterocycles. The third-order valence-corrected chi connectivity index (χ3v) is 2.97. The maximum Gasteiger partial charge on any atom is 0.0229 e. The Morgan fingerprint density at radius 3 is 2.25 bits per heavy atom. The van der Waals surface area contributed by atoms with E-state index < -0.39 is 0 Å². The molecule has 0 saturated carbocycles. The first kappa shape index (κ1) is 6.81. The first-order valence-electron chi connectivity index (χ1n) is 3.14. The highest BCUT2D eigenvalue weighted by molar-refractivity contribution is 14.1. The van der Waals surface area contributed by atoms with Gasteiger partial charge in [-0.05, 0) is 12.3 Å². The van der Waals surface area contributed by atoms with Gasteiger partial charge in [-0.15, -0.1) is 0 Å². The Bertz CT molecular complexity index is 77.8. The molecule has 0 aromatic rings. The minimum atomic E-state index is 0.848. The van der Waals surface area contributed by atoms with Crippen molar-refractivity contribution >= 4 is 22.9 Å². The smallest absolute Gasteiger partial charge is 0.0229 e. The van der Waals surface area contributed by atoms with Gasteiger partial charge in [-0.3, -0.25) is 0 Å². The van der Waals surface area contributed by atoms with Gasteiger partial charge in [0, 0.05) is 35.5 Å². The fourth-order valence-electron chi connectivity index (χ4n) is 1.03. The van der Waals surface area contributed by atoms with E-state index in [-0.39, 0.29) is 0 Å². The summed E-state index contributed by atoms with van der Waals surface area (Å²) in [6.45, 7) is 5.87. The van der Waals surface area contributed by atoms with Crippen LogP contribution < -0.4 is 0 Å². The molecule has 48 valence electrons. The lowest BCUT2D eigenvalue weighted by Gasteiger charge is -2.38. The molecule has 1 nitrogen and oxygen atoms in total. The van der Waals surface area contributed by atoms with Crippen LogP contribution in [0.5, 0.6) is 0 Å². The molecule has 1 fully saturated rings. The van der Waals surface area contributed by atoms with E-state index in [0.29, 0.717) is 0 Å². The van der Waals surface area contributed by atoms with Crippen LogP contribution in [0.4, 0.5) is 0 Å². The van der Waals surface area contributed by atoms with Crippen LogP contribution in [0.25, 0.3) is 0 Å². The minimum Gasteiger partial charge on any atom is -0.244 e. The molecule has 1 aliphatic heterocycles. The summed E-state index contributed by atoms with van der Waals surface area (Å²) in [5.74, 6) is 0.848. The second-order valence-corrected chi connectivity index (χ2v) is 3.96. The molecule has 0 aliphatic carbocycles. The Kier molecular flexibility index (Phi) is 2.14. The Morgan fingerprint density at radius 2 is 2.25 bits per heavy atom. The van der Waals surface area contributed by atoms with Crippen molar-refractivity contribution in [3.05, 3.63) is 0 Å². The Labute approximate surface area is 64.9 Å². The van der Waals surface area contributed by atoms with Gasteiger partial charge in [0.2, 0.25) is 0 Å². The van der Waals surface area contributed by atoms with Gasteiger partial charge in [0.1, 0.15) is 0 Å². The summed E-state index contributed by atoms with van der Waals surface area (Å²) in [6, 6.07) is 0.871. The summed E-state index contributed by atoms with van der Waals surface area (Å²) in [4.78, 5) is 0. The summed E-state index contributed by atoms with van der Waals surface area (Å²) in [5.41, 5.74) is 0. The van der Waals surface area contributed by atoms with Gasteiger partial charge in [-0.1, -0.05) is 13.8 Å². The van der Waals surface area contributed by atoms with E-state index in [1.54, 1.807) is 0 Å². The Morgan fingerprint density at radius 1 is 1.62 bits per heavy atom. The van der Waals surface area contributed by atoms with Crippen molar-refractivity contribution in [2.45, 2.75) is 26.3 Å². The van der Waals surface area contributed by atoms with E-state index in [4.69, 9.17) is 0 Å². The molecule has 0 amide bonds. The highest BCUT2D eigenvalue weighted by atomic mass is 127. The fraction of sp³-hybridized carbons (Fsp3) is 1.00. The summed E-state index contributed by atoms with van der Waals surface area (Å²) in [6.07, 6.45) is 1.40. The van der Waals surface area contributed by atoms with Gasteiger partial charge < -0.3 is 0 Å². The van der Waals surface area contributed by atoms with E-state index in [0.717, 1.165) is 12.0 Å². The van der Waals surface area contributed by atoms with Gasteiger partial charge >= 0.3 is 0 Å². The quantitative estimate of drug-likeness (QED) is 0.487. The fourth-order valence-corrected chi connectivity index (χ4v) is 2.23. The van der Waals surface area contributed by atoms with Crippen LogP contribution in [0.1, 0.15) is 20.3 Å². The molecule has 1 aliphatic rings. The van der Waals surface area contributed by atoms with E-state index in [1.165, 1.54) is 13.0 Å². The number of rotatable bonds is 1. The number of hydrogen-bond donors (Lipinski definition) is 0. The molecule has 1 atom stereocenters. The van der Waals surface area contributed by atoms with Crippen molar-refractivity contribution in [1.29, 1.82) is 0 Å². The maximum atomic E-state index is 2.40. The van der Waals surface area contributed by atoms with Crippen LogP contribution in [-0.2, 0) is 0 Å². The molecular formula is C6H12IN. The lowest BCUT2D eigenvalue weighted by atomic mass is 9.95. The molecule has 0 spiro atoms. The number of nitrogens with zero attached hydrogens (tertiary/aromatic N) is 1. The van der Waals surface area contributed by atoms with E-state index in [1.807, 2.05) is 0 Å². The van der Waals surface area contributed by atoms with Crippen LogP contribution in [0.2, 0.25) is 0 Å². The standard InChI is InChI=1S/C6H12IN/c1-5(2)6-3-4-8(6)7/h5-6H,3-4H2,1-2H3. The Balaban J connectivity index is 2.26. The molecule has 0 aromatic carbocycles. The molecule has 1 saturated heterocycles. The van der Waals surface area contributed by atoms with Crippen molar-refractivity contribution in [3.8, 4) is 0 Å². The Hall–Kier alpha value is 0.690. The number of hydrogen-bond acceptors (Lipinski definition) is 1. The van der Waals surface area contributed by atoms with Crippen LogP contribution in [0, 0.1) is 5.92 Å². The average Bonchev–Trinajstić information content (AvgIpc) is 1.61. The predicted octanol–water partition coefficient (Wildman–Crippen LogP) is 2.07. The first-order chi connectivity index (χ1) is 3.72. The van der Waals surface area contributed by atoms with Crippen molar-refractivity contribution in [2.75, 3.05) is 6.54 Å². The minimum absolute atomic E-state index is 0.848. The van der Waals surface area contributed by atoms with Crippen LogP contribution >= 0.6 is 22.9 Å². The normalized spacial score (nSPS) is 30.8. The average molecular weight is 225 g/mol. The van der Waals surface area contributed by atoms with Crippen LogP contribution in [-0.4, -0.2) is 15.7 Å². The van der Waals surface area contributed by atoms with Crippen LogP contribution in [0.3, 0.4) is 0 Å². The van der Waals surface area contributed by atoms with Crippen molar-refractivity contribution < 1.29 is 0 Å². The molecule has 0 bridgehead atoms. The summed E-state index contributed by atoms with van der Waals surface area (Å²) < 4.78 is 2.39. The molecule has 1 rings (SSSR count). The van der Waals surface area contributed by atoms with Crippen molar-refractivity contribution in [1.82, 2.24) is 3.11 Å².